The molecule has 16 heavy (non-hydrogen) atoms. The van der Waals surface area contributed by atoms with E-state index in [1.807, 2.05) is 0 Å². The fraction of sp³-hybridized carbons (Fsp3) is 0.600. The maximum Gasteiger partial charge on any atom is 0.0370 e. The SMILES string of the molecule is CCC(C)(C)C1(C)C=CC2=C(C=C1)NCC2. The average Bonchev–Trinajstić information content (AvgIpc) is 2.64. The molecule has 0 radical (unpaired) electrons. The van der Waals surface area contributed by atoms with E-state index in [4.69, 9.17) is 0 Å². The first-order valence-electron chi connectivity index (χ1n) is 6.34. The molecule has 1 nitrogen and oxygen atoms in total. The lowest BCUT2D eigenvalue weighted by atomic mass is 9.65. The van der Waals surface area contributed by atoms with Crippen LogP contribution in [0.1, 0.15) is 40.5 Å². The van der Waals surface area contributed by atoms with Crippen molar-refractivity contribution in [3.05, 3.63) is 35.6 Å². The number of nitrogens with one attached hydrogen (secondary N) is 1. The van der Waals surface area contributed by atoms with Gasteiger partial charge in [-0.05, 0) is 29.9 Å². The third-order valence-electron chi connectivity index (χ3n) is 4.62. The largest absolute Gasteiger partial charge is 0.384 e. The second kappa shape index (κ2) is 3.80. The molecule has 0 aromatic rings. The zero-order chi connectivity index (χ0) is 11.8. The summed E-state index contributed by atoms with van der Waals surface area (Å²) < 4.78 is 0. The lowest BCUT2D eigenvalue weighted by Gasteiger charge is -2.39. The molecule has 1 aliphatic carbocycles. The number of hydrogen-bond acceptors (Lipinski definition) is 1. The van der Waals surface area contributed by atoms with E-state index < -0.39 is 0 Å². The van der Waals surface area contributed by atoms with Crippen molar-refractivity contribution >= 4 is 0 Å². The molecule has 1 N–H and O–H groups in total. The van der Waals surface area contributed by atoms with E-state index in [1.165, 1.54) is 24.1 Å². The van der Waals surface area contributed by atoms with Crippen molar-refractivity contribution in [1.82, 2.24) is 5.32 Å². The highest BCUT2D eigenvalue weighted by Crippen LogP contribution is 2.45. The number of rotatable bonds is 2. The molecule has 1 aliphatic heterocycles. The van der Waals surface area contributed by atoms with Crippen LogP contribution in [0.2, 0.25) is 0 Å². The monoisotopic (exact) mass is 217 g/mol. The van der Waals surface area contributed by atoms with Gasteiger partial charge in [0.1, 0.15) is 0 Å². The molecule has 0 aromatic heterocycles. The minimum absolute atomic E-state index is 0.160. The molecule has 2 rings (SSSR count). The van der Waals surface area contributed by atoms with E-state index in [0.717, 1.165) is 6.54 Å². The molecule has 0 saturated heterocycles. The molecule has 0 amide bonds. The molecular formula is C15H23N. The van der Waals surface area contributed by atoms with Crippen LogP contribution >= 0.6 is 0 Å². The van der Waals surface area contributed by atoms with Gasteiger partial charge in [0.25, 0.3) is 0 Å². The minimum atomic E-state index is 0.160. The van der Waals surface area contributed by atoms with Crippen molar-refractivity contribution in [2.45, 2.75) is 40.5 Å². The second-order valence-electron chi connectivity index (χ2n) is 5.80. The summed E-state index contributed by atoms with van der Waals surface area (Å²) in [6.45, 7) is 10.4. The fourth-order valence-corrected chi connectivity index (χ4v) is 2.34. The Morgan fingerprint density at radius 1 is 1.31 bits per heavy atom. The van der Waals surface area contributed by atoms with Crippen LogP contribution < -0.4 is 5.32 Å². The standard InChI is InChI=1S/C15H23N/c1-5-14(2,3)15(4)9-6-12-8-11-16-13(12)7-10-15/h6-7,9-10,16H,5,8,11H2,1-4H3. The van der Waals surface area contributed by atoms with Crippen molar-refractivity contribution in [3.8, 4) is 0 Å². The van der Waals surface area contributed by atoms with Crippen LogP contribution in [-0.2, 0) is 0 Å². The van der Waals surface area contributed by atoms with E-state index in [0.29, 0.717) is 5.41 Å². The smallest absolute Gasteiger partial charge is 0.0370 e. The summed E-state index contributed by atoms with van der Waals surface area (Å²) in [6.07, 6.45) is 11.7. The first-order valence-corrected chi connectivity index (χ1v) is 6.34. The molecule has 2 aliphatic rings. The van der Waals surface area contributed by atoms with Crippen LogP contribution in [0.5, 0.6) is 0 Å². The van der Waals surface area contributed by atoms with E-state index >= 15 is 0 Å². The predicted molar refractivity (Wildman–Crippen MR) is 70.1 cm³/mol. The van der Waals surface area contributed by atoms with Crippen molar-refractivity contribution < 1.29 is 0 Å². The van der Waals surface area contributed by atoms with Gasteiger partial charge in [-0.25, -0.2) is 0 Å². The molecule has 1 atom stereocenters. The zero-order valence-corrected chi connectivity index (χ0v) is 10.9. The Hall–Kier alpha value is -0.980. The highest BCUT2D eigenvalue weighted by Gasteiger charge is 2.36. The topological polar surface area (TPSA) is 12.0 Å². The van der Waals surface area contributed by atoms with Gasteiger partial charge in [-0.2, -0.15) is 0 Å². The lowest BCUT2D eigenvalue weighted by molar-refractivity contribution is 0.190. The van der Waals surface area contributed by atoms with Crippen molar-refractivity contribution in [3.63, 3.8) is 0 Å². The number of allylic oxidation sites excluding steroid dienone is 4. The number of hydrogen-bond donors (Lipinski definition) is 1. The van der Waals surface area contributed by atoms with Gasteiger partial charge in [0.2, 0.25) is 0 Å². The first kappa shape index (κ1) is 11.5. The summed E-state index contributed by atoms with van der Waals surface area (Å²) in [5.74, 6) is 0. The normalized spacial score (nSPS) is 29.0. The molecule has 1 unspecified atom stereocenters. The molecule has 0 spiro atoms. The maximum atomic E-state index is 3.45. The Labute approximate surface area is 99.3 Å². The summed E-state index contributed by atoms with van der Waals surface area (Å²) in [6, 6.07) is 0. The van der Waals surface area contributed by atoms with Crippen LogP contribution in [0.25, 0.3) is 0 Å². The van der Waals surface area contributed by atoms with Gasteiger partial charge in [-0.1, -0.05) is 45.9 Å². The van der Waals surface area contributed by atoms with Gasteiger partial charge in [-0.15, -0.1) is 0 Å². The molecule has 1 heteroatoms. The van der Waals surface area contributed by atoms with Gasteiger partial charge in [0.05, 0.1) is 0 Å². The van der Waals surface area contributed by atoms with Gasteiger partial charge in [0.15, 0.2) is 0 Å². The van der Waals surface area contributed by atoms with Crippen LogP contribution in [0.15, 0.2) is 35.6 Å². The van der Waals surface area contributed by atoms with Gasteiger partial charge in [-0.3, -0.25) is 0 Å². The summed E-state index contributed by atoms with van der Waals surface area (Å²) >= 11 is 0. The Kier molecular flexibility index (Phi) is 2.73. The molecule has 0 bridgehead atoms. The predicted octanol–water partition coefficient (Wildman–Crippen LogP) is 3.80. The third kappa shape index (κ3) is 1.73. The Bertz CT molecular complexity index is 345. The van der Waals surface area contributed by atoms with Crippen molar-refractivity contribution in [2.75, 3.05) is 6.54 Å². The van der Waals surface area contributed by atoms with Crippen LogP contribution in [-0.4, -0.2) is 6.54 Å². The van der Waals surface area contributed by atoms with Crippen molar-refractivity contribution in [2.24, 2.45) is 10.8 Å². The maximum absolute atomic E-state index is 3.45. The molecule has 0 fully saturated rings. The van der Waals surface area contributed by atoms with E-state index in [-0.39, 0.29) is 5.41 Å². The summed E-state index contributed by atoms with van der Waals surface area (Å²) in [4.78, 5) is 0. The molecule has 0 aromatic carbocycles. The second-order valence-corrected chi connectivity index (χ2v) is 5.80. The van der Waals surface area contributed by atoms with Crippen LogP contribution in [0, 0.1) is 10.8 Å². The van der Waals surface area contributed by atoms with Crippen LogP contribution in [0.3, 0.4) is 0 Å². The highest BCUT2D eigenvalue weighted by molar-refractivity contribution is 5.41. The summed E-state index contributed by atoms with van der Waals surface area (Å²) in [5, 5.41) is 3.45. The molecule has 88 valence electrons. The zero-order valence-electron chi connectivity index (χ0n) is 10.9. The lowest BCUT2D eigenvalue weighted by Crippen LogP contribution is -2.31. The average molecular weight is 217 g/mol. The van der Waals surface area contributed by atoms with Crippen molar-refractivity contribution in [1.29, 1.82) is 0 Å². The Morgan fingerprint density at radius 2 is 2.00 bits per heavy atom. The van der Waals surface area contributed by atoms with E-state index in [9.17, 15) is 0 Å². The van der Waals surface area contributed by atoms with Gasteiger partial charge in [0, 0.05) is 17.7 Å². The summed E-state index contributed by atoms with van der Waals surface area (Å²) in [7, 11) is 0. The molecule has 1 heterocycles. The quantitative estimate of drug-likeness (QED) is 0.742. The van der Waals surface area contributed by atoms with E-state index in [1.54, 1.807) is 0 Å². The Balaban J connectivity index is 2.33. The Morgan fingerprint density at radius 3 is 2.69 bits per heavy atom. The third-order valence-corrected chi connectivity index (χ3v) is 4.62. The molecular weight excluding hydrogens is 194 g/mol. The fourth-order valence-electron chi connectivity index (χ4n) is 2.34. The van der Waals surface area contributed by atoms with E-state index in [2.05, 4.69) is 57.3 Å². The summed E-state index contributed by atoms with van der Waals surface area (Å²) in [5.41, 5.74) is 3.26. The first-order chi connectivity index (χ1) is 7.48. The highest BCUT2D eigenvalue weighted by atomic mass is 14.9. The van der Waals surface area contributed by atoms with Crippen LogP contribution in [0.4, 0.5) is 0 Å². The van der Waals surface area contributed by atoms with Gasteiger partial charge < -0.3 is 5.32 Å². The molecule has 0 saturated carbocycles. The van der Waals surface area contributed by atoms with Gasteiger partial charge >= 0.3 is 0 Å². The minimum Gasteiger partial charge on any atom is -0.384 e.